The molecule has 1 aliphatic heterocycles. The van der Waals surface area contributed by atoms with E-state index >= 15 is 0 Å². The third-order valence-corrected chi connectivity index (χ3v) is 5.14. The lowest BCUT2D eigenvalue weighted by atomic mass is 9.70. The van der Waals surface area contributed by atoms with Gasteiger partial charge in [0.05, 0.1) is 6.10 Å². The SMILES string of the molecule is CC(C)(C)C1CCC(CN2CCC(O)CC2)CC1. The molecule has 1 aliphatic carbocycles. The molecule has 0 amide bonds. The first kappa shape index (κ1) is 14.3. The van der Waals surface area contributed by atoms with E-state index < -0.39 is 0 Å². The largest absolute Gasteiger partial charge is 0.393 e. The van der Waals surface area contributed by atoms with Crippen molar-refractivity contribution >= 4 is 0 Å². The Labute approximate surface area is 113 Å². The summed E-state index contributed by atoms with van der Waals surface area (Å²) in [7, 11) is 0. The van der Waals surface area contributed by atoms with Crippen molar-refractivity contribution in [2.24, 2.45) is 17.3 Å². The lowest BCUT2D eigenvalue weighted by Gasteiger charge is -2.39. The van der Waals surface area contributed by atoms with E-state index in [0.29, 0.717) is 5.41 Å². The summed E-state index contributed by atoms with van der Waals surface area (Å²) < 4.78 is 0. The van der Waals surface area contributed by atoms with Gasteiger partial charge in [0.1, 0.15) is 0 Å². The Balaban J connectivity index is 1.70. The Hall–Kier alpha value is -0.0800. The molecule has 0 radical (unpaired) electrons. The highest BCUT2D eigenvalue weighted by atomic mass is 16.3. The Morgan fingerprint density at radius 2 is 1.50 bits per heavy atom. The van der Waals surface area contributed by atoms with Crippen molar-refractivity contribution in [2.75, 3.05) is 19.6 Å². The van der Waals surface area contributed by atoms with E-state index in [1.54, 1.807) is 0 Å². The maximum absolute atomic E-state index is 9.53. The average molecular weight is 253 g/mol. The topological polar surface area (TPSA) is 23.5 Å². The summed E-state index contributed by atoms with van der Waals surface area (Å²) in [5.74, 6) is 1.84. The summed E-state index contributed by atoms with van der Waals surface area (Å²) in [6.07, 6.45) is 7.62. The van der Waals surface area contributed by atoms with Crippen LogP contribution in [0, 0.1) is 17.3 Å². The molecule has 0 aromatic carbocycles. The van der Waals surface area contributed by atoms with Gasteiger partial charge in [-0.3, -0.25) is 0 Å². The predicted octanol–water partition coefficient (Wildman–Crippen LogP) is 3.30. The van der Waals surface area contributed by atoms with Gasteiger partial charge >= 0.3 is 0 Å². The second-order valence-electron chi connectivity index (χ2n) is 7.62. The first-order valence-electron chi connectivity index (χ1n) is 7.85. The fourth-order valence-electron chi connectivity index (χ4n) is 3.68. The van der Waals surface area contributed by atoms with E-state index in [2.05, 4.69) is 25.7 Å². The molecule has 0 spiro atoms. The number of rotatable bonds is 2. The lowest BCUT2D eigenvalue weighted by Crippen LogP contribution is -2.40. The van der Waals surface area contributed by atoms with Crippen molar-refractivity contribution in [1.29, 1.82) is 0 Å². The molecule has 18 heavy (non-hydrogen) atoms. The van der Waals surface area contributed by atoms with Crippen LogP contribution in [0.4, 0.5) is 0 Å². The molecule has 2 nitrogen and oxygen atoms in total. The number of piperidine rings is 1. The molecule has 0 bridgehead atoms. The van der Waals surface area contributed by atoms with Crippen LogP contribution in [0.5, 0.6) is 0 Å². The van der Waals surface area contributed by atoms with Crippen molar-refractivity contribution in [3.8, 4) is 0 Å². The van der Waals surface area contributed by atoms with Gasteiger partial charge in [0.15, 0.2) is 0 Å². The van der Waals surface area contributed by atoms with Crippen LogP contribution in [-0.2, 0) is 0 Å². The highest BCUT2D eigenvalue weighted by molar-refractivity contribution is 4.82. The average Bonchev–Trinajstić information content (AvgIpc) is 2.32. The zero-order valence-corrected chi connectivity index (χ0v) is 12.5. The summed E-state index contributed by atoms with van der Waals surface area (Å²) in [5, 5.41) is 9.53. The smallest absolute Gasteiger partial charge is 0.0564 e. The second kappa shape index (κ2) is 5.92. The Bertz CT molecular complexity index is 242. The Morgan fingerprint density at radius 1 is 0.944 bits per heavy atom. The third-order valence-electron chi connectivity index (χ3n) is 5.14. The van der Waals surface area contributed by atoms with Crippen LogP contribution in [0.2, 0.25) is 0 Å². The van der Waals surface area contributed by atoms with Gasteiger partial charge in [0.25, 0.3) is 0 Å². The molecule has 0 atom stereocenters. The zero-order valence-electron chi connectivity index (χ0n) is 12.5. The molecule has 0 aromatic heterocycles. The molecule has 2 aliphatic rings. The third kappa shape index (κ3) is 3.96. The zero-order chi connectivity index (χ0) is 13.2. The number of nitrogens with zero attached hydrogens (tertiary/aromatic N) is 1. The number of hydrogen-bond donors (Lipinski definition) is 1. The number of likely N-dealkylation sites (tertiary alicyclic amines) is 1. The number of aliphatic hydroxyl groups excluding tert-OH is 1. The quantitative estimate of drug-likeness (QED) is 0.816. The van der Waals surface area contributed by atoms with Crippen LogP contribution < -0.4 is 0 Å². The van der Waals surface area contributed by atoms with Crippen LogP contribution >= 0.6 is 0 Å². The molecule has 1 N–H and O–H groups in total. The molecule has 1 saturated carbocycles. The van der Waals surface area contributed by atoms with Gasteiger partial charge in [-0.1, -0.05) is 20.8 Å². The molecule has 106 valence electrons. The molecule has 2 heteroatoms. The van der Waals surface area contributed by atoms with Gasteiger partial charge in [-0.25, -0.2) is 0 Å². The summed E-state index contributed by atoms with van der Waals surface area (Å²) >= 11 is 0. The fraction of sp³-hybridized carbons (Fsp3) is 1.00. The number of aliphatic hydroxyl groups is 1. The monoisotopic (exact) mass is 253 g/mol. The highest BCUT2D eigenvalue weighted by Crippen LogP contribution is 2.40. The summed E-state index contributed by atoms with van der Waals surface area (Å²) in [6, 6.07) is 0. The van der Waals surface area contributed by atoms with Crippen molar-refractivity contribution in [3.05, 3.63) is 0 Å². The van der Waals surface area contributed by atoms with E-state index in [1.165, 1.54) is 32.2 Å². The standard InChI is InChI=1S/C16H31NO/c1-16(2,3)14-6-4-13(5-7-14)12-17-10-8-15(18)9-11-17/h13-15,18H,4-12H2,1-3H3. The van der Waals surface area contributed by atoms with Gasteiger partial charge in [-0.15, -0.1) is 0 Å². The minimum Gasteiger partial charge on any atom is -0.393 e. The van der Waals surface area contributed by atoms with Crippen molar-refractivity contribution < 1.29 is 5.11 Å². The molecule has 0 unspecified atom stereocenters. The fourth-order valence-corrected chi connectivity index (χ4v) is 3.68. The van der Waals surface area contributed by atoms with Crippen LogP contribution in [-0.4, -0.2) is 35.7 Å². The van der Waals surface area contributed by atoms with Crippen molar-refractivity contribution in [2.45, 2.75) is 65.4 Å². The second-order valence-corrected chi connectivity index (χ2v) is 7.62. The number of hydrogen-bond acceptors (Lipinski definition) is 2. The van der Waals surface area contributed by atoms with Gasteiger partial charge < -0.3 is 10.0 Å². The molecule has 2 rings (SSSR count). The molecular formula is C16H31NO. The van der Waals surface area contributed by atoms with Crippen LogP contribution in [0.25, 0.3) is 0 Å². The first-order valence-corrected chi connectivity index (χ1v) is 7.85. The molecular weight excluding hydrogens is 222 g/mol. The summed E-state index contributed by atoms with van der Waals surface area (Å²) in [4.78, 5) is 2.58. The van der Waals surface area contributed by atoms with Gasteiger partial charge in [0.2, 0.25) is 0 Å². The first-order chi connectivity index (χ1) is 8.45. The summed E-state index contributed by atoms with van der Waals surface area (Å²) in [6.45, 7) is 10.7. The van der Waals surface area contributed by atoms with E-state index in [1.807, 2.05) is 0 Å². The predicted molar refractivity (Wildman–Crippen MR) is 76.6 cm³/mol. The van der Waals surface area contributed by atoms with Crippen molar-refractivity contribution in [1.82, 2.24) is 4.90 Å². The van der Waals surface area contributed by atoms with E-state index in [-0.39, 0.29) is 6.10 Å². The lowest BCUT2D eigenvalue weighted by molar-refractivity contribution is 0.0630. The van der Waals surface area contributed by atoms with Gasteiger partial charge in [0, 0.05) is 19.6 Å². The Kier molecular flexibility index (Phi) is 4.71. The van der Waals surface area contributed by atoms with Gasteiger partial charge in [-0.2, -0.15) is 0 Å². The normalized spacial score (nSPS) is 32.7. The maximum atomic E-state index is 9.53. The molecule has 0 aromatic rings. The minimum atomic E-state index is -0.0297. The van der Waals surface area contributed by atoms with E-state index in [4.69, 9.17) is 0 Å². The highest BCUT2D eigenvalue weighted by Gasteiger charge is 2.30. The maximum Gasteiger partial charge on any atom is 0.0564 e. The van der Waals surface area contributed by atoms with Gasteiger partial charge in [-0.05, 0) is 55.8 Å². The van der Waals surface area contributed by atoms with E-state index in [0.717, 1.165) is 37.8 Å². The van der Waals surface area contributed by atoms with E-state index in [9.17, 15) is 5.11 Å². The molecule has 1 heterocycles. The summed E-state index contributed by atoms with van der Waals surface area (Å²) in [5.41, 5.74) is 0.500. The minimum absolute atomic E-state index is 0.0297. The van der Waals surface area contributed by atoms with Crippen LogP contribution in [0.1, 0.15) is 59.3 Å². The molecule has 2 fully saturated rings. The van der Waals surface area contributed by atoms with Crippen LogP contribution in [0.3, 0.4) is 0 Å². The Morgan fingerprint density at radius 3 is 2.00 bits per heavy atom. The van der Waals surface area contributed by atoms with Crippen LogP contribution in [0.15, 0.2) is 0 Å². The molecule has 1 saturated heterocycles. The van der Waals surface area contributed by atoms with Crippen molar-refractivity contribution in [3.63, 3.8) is 0 Å².